The van der Waals surface area contributed by atoms with Gasteiger partial charge >= 0.3 is 0 Å². The summed E-state index contributed by atoms with van der Waals surface area (Å²) in [6.45, 7) is 0. The molecule has 5 heterocycles. The first kappa shape index (κ1) is 36.9. The highest BCUT2D eigenvalue weighted by molar-refractivity contribution is 6.23. The number of fused-ring (bicyclic) bond motifs is 13. The molecule has 2 unspecified atom stereocenters. The lowest BCUT2D eigenvalue weighted by atomic mass is 9.91. The molecule has 1 aliphatic carbocycles. The lowest BCUT2D eigenvalue weighted by Crippen LogP contribution is -2.38. The van der Waals surface area contributed by atoms with Gasteiger partial charge in [0.1, 0.15) is 17.0 Å². The maximum absolute atomic E-state index is 6.71. The number of furan rings is 1. The van der Waals surface area contributed by atoms with Gasteiger partial charge in [-0.3, -0.25) is 4.57 Å². The van der Waals surface area contributed by atoms with Gasteiger partial charge < -0.3 is 13.9 Å². The fourth-order valence-corrected chi connectivity index (χ4v) is 11.1. The third-order valence-electron chi connectivity index (χ3n) is 14.0. The molecule has 0 bridgehead atoms. The Morgan fingerprint density at radius 1 is 0.515 bits per heavy atom. The molecule has 0 saturated heterocycles. The average molecular weight is 848 g/mol. The maximum atomic E-state index is 6.71. The normalized spacial score (nSPS) is 19.5. The van der Waals surface area contributed by atoms with Crippen LogP contribution in [0.1, 0.15) is 29.9 Å². The Hall–Kier alpha value is -8.48. The minimum atomic E-state index is -0.0812. The van der Waals surface area contributed by atoms with Crippen LogP contribution in [0.2, 0.25) is 0 Å². The van der Waals surface area contributed by atoms with Crippen molar-refractivity contribution in [1.82, 2.24) is 9.13 Å². The molecular formula is C60H41N5O. The molecule has 312 valence electrons. The van der Waals surface area contributed by atoms with Gasteiger partial charge in [-0.2, -0.15) is 4.99 Å². The molecule has 0 spiro atoms. The lowest BCUT2D eigenvalue weighted by Gasteiger charge is -2.29. The van der Waals surface area contributed by atoms with E-state index in [2.05, 4.69) is 220 Å². The zero-order valence-electron chi connectivity index (χ0n) is 35.9. The molecule has 0 fully saturated rings. The number of hydrogen-bond acceptors (Lipinski definition) is 4. The number of allylic oxidation sites excluding steroid dienone is 3. The first-order valence-electron chi connectivity index (χ1n) is 22.9. The summed E-state index contributed by atoms with van der Waals surface area (Å²) in [7, 11) is 0. The van der Waals surface area contributed by atoms with Gasteiger partial charge in [-0.1, -0.05) is 164 Å². The van der Waals surface area contributed by atoms with Gasteiger partial charge in [0.15, 0.2) is 0 Å². The van der Waals surface area contributed by atoms with Crippen LogP contribution >= 0.6 is 0 Å². The van der Waals surface area contributed by atoms with Crippen LogP contribution in [0.5, 0.6) is 0 Å². The summed E-state index contributed by atoms with van der Waals surface area (Å²) < 4.78 is 11.5. The summed E-state index contributed by atoms with van der Waals surface area (Å²) in [6, 6.07) is 65.2. The topological polar surface area (TPSA) is 51.0 Å². The minimum Gasteiger partial charge on any atom is -0.455 e. The lowest BCUT2D eigenvalue weighted by molar-refractivity contribution is 0.668. The van der Waals surface area contributed by atoms with Crippen LogP contribution in [-0.4, -0.2) is 26.8 Å². The van der Waals surface area contributed by atoms with Crippen LogP contribution in [0.4, 0.5) is 5.69 Å². The fourth-order valence-electron chi connectivity index (χ4n) is 11.1. The van der Waals surface area contributed by atoms with Gasteiger partial charge in [0.2, 0.25) is 5.96 Å². The quantitative estimate of drug-likeness (QED) is 0.177. The van der Waals surface area contributed by atoms with Crippen molar-refractivity contribution in [2.45, 2.75) is 24.8 Å². The highest BCUT2D eigenvalue weighted by Gasteiger charge is 2.42. The van der Waals surface area contributed by atoms with Crippen LogP contribution in [-0.2, 0) is 0 Å². The first-order chi connectivity index (χ1) is 32.8. The van der Waals surface area contributed by atoms with E-state index >= 15 is 0 Å². The summed E-state index contributed by atoms with van der Waals surface area (Å²) in [4.78, 5) is 14.1. The Balaban J connectivity index is 1.07. The zero-order valence-corrected chi connectivity index (χ0v) is 35.9. The number of nitrogens with zero attached hydrogens (tertiary/aromatic N) is 5. The monoisotopic (exact) mass is 847 g/mol. The Morgan fingerprint density at radius 3 is 1.97 bits per heavy atom. The number of guanidine groups is 1. The molecule has 0 radical (unpaired) electrons. The molecule has 11 aromatic rings. The molecule has 0 amide bonds. The molecule has 3 aromatic heterocycles. The van der Waals surface area contributed by atoms with Crippen LogP contribution < -0.4 is 4.90 Å². The molecule has 14 rings (SSSR count). The predicted octanol–water partition coefficient (Wildman–Crippen LogP) is 15.0. The van der Waals surface area contributed by atoms with E-state index in [1.807, 2.05) is 6.07 Å². The minimum absolute atomic E-state index is 0.0720. The molecule has 2 aliphatic heterocycles. The Bertz CT molecular complexity index is 3910. The molecule has 3 aliphatic rings. The molecular weight excluding hydrogens is 807 g/mol. The van der Waals surface area contributed by atoms with Crippen LogP contribution in [0.25, 0.3) is 88.2 Å². The van der Waals surface area contributed by atoms with E-state index in [0.29, 0.717) is 12.4 Å². The van der Waals surface area contributed by atoms with E-state index in [1.165, 1.54) is 38.2 Å². The van der Waals surface area contributed by atoms with Gasteiger partial charge in [-0.15, -0.1) is 0 Å². The first-order valence-corrected chi connectivity index (χ1v) is 22.9. The highest BCUT2D eigenvalue weighted by Crippen LogP contribution is 2.51. The van der Waals surface area contributed by atoms with E-state index in [4.69, 9.17) is 14.4 Å². The number of hydrogen-bond donors (Lipinski definition) is 0. The predicted molar refractivity (Wildman–Crippen MR) is 274 cm³/mol. The van der Waals surface area contributed by atoms with E-state index in [9.17, 15) is 0 Å². The summed E-state index contributed by atoms with van der Waals surface area (Å²) in [5, 5.41) is 6.97. The Kier molecular flexibility index (Phi) is 8.13. The smallest absolute Gasteiger partial charge is 0.232 e. The summed E-state index contributed by atoms with van der Waals surface area (Å²) in [5.41, 5.74) is 14.0. The zero-order chi connectivity index (χ0) is 43.3. The summed E-state index contributed by atoms with van der Waals surface area (Å²) >= 11 is 0. The number of aromatic nitrogens is 2. The number of benzene rings is 8. The summed E-state index contributed by atoms with van der Waals surface area (Å²) in [6.07, 6.45) is 12.8. The van der Waals surface area contributed by atoms with Gasteiger partial charge in [0, 0.05) is 49.5 Å². The van der Waals surface area contributed by atoms with Crippen LogP contribution in [0.15, 0.2) is 227 Å². The van der Waals surface area contributed by atoms with Crippen molar-refractivity contribution in [2.75, 3.05) is 4.90 Å². The maximum Gasteiger partial charge on any atom is 0.232 e. The van der Waals surface area contributed by atoms with Crippen LogP contribution in [0.3, 0.4) is 0 Å². The van der Waals surface area contributed by atoms with Crippen molar-refractivity contribution in [3.63, 3.8) is 0 Å². The fraction of sp³-hybridized carbons (Fsp3) is 0.0667. The number of aliphatic imine (C=N–C) groups is 2. The van der Waals surface area contributed by atoms with Crippen molar-refractivity contribution in [3.05, 3.63) is 223 Å². The number of para-hydroxylation sites is 5. The van der Waals surface area contributed by atoms with Gasteiger partial charge in [-0.25, -0.2) is 4.99 Å². The van der Waals surface area contributed by atoms with E-state index in [1.54, 1.807) is 0 Å². The SMILES string of the molecule is C1=CC2c3ccc4c5ccccc5n(-c5cccc(-c6ccccc6)c5)c4c3N(C3=N/C(n4c5ccccc5c5ccccc54)=C\CC/C(c4cccc5c4oc4ccccc45)=N\3)C2C=C1. The second-order valence-corrected chi connectivity index (χ2v) is 17.5. The Labute approximate surface area is 380 Å². The summed E-state index contributed by atoms with van der Waals surface area (Å²) in [5.74, 6) is 1.57. The van der Waals surface area contributed by atoms with Gasteiger partial charge in [-0.05, 0) is 78.1 Å². The highest BCUT2D eigenvalue weighted by atomic mass is 16.3. The van der Waals surface area contributed by atoms with Crippen molar-refractivity contribution in [1.29, 1.82) is 0 Å². The number of rotatable bonds is 4. The molecule has 66 heavy (non-hydrogen) atoms. The van der Waals surface area contributed by atoms with E-state index in [-0.39, 0.29) is 12.0 Å². The average Bonchev–Trinajstić information content (AvgIpc) is 4.11. The standard InChI is InChI=1S/C60H41N5O/c1-2-17-38(18-3-1)39-19-14-20-40(37-39)63-51-29-9-6-23-43(51)46-35-36-47-44-24-7-12-32-54(44)65(58(47)57(46)63)60-61-50(49-27-15-26-48-45-25-8-13-33-55(45)66-59(48)49)28-16-34-56(62-60)64-52-30-10-4-21-41(52)42-22-5-11-31-53(42)64/h1-15,17-27,29-37,44,54H,16,28H2/b56-34+,61-50+,62-60+. The van der Waals surface area contributed by atoms with Crippen molar-refractivity contribution in [2.24, 2.45) is 9.98 Å². The third-order valence-corrected chi connectivity index (χ3v) is 14.0. The largest absolute Gasteiger partial charge is 0.455 e. The molecule has 0 N–H and O–H groups in total. The molecule has 8 aromatic carbocycles. The van der Waals surface area contributed by atoms with Crippen molar-refractivity contribution < 1.29 is 4.42 Å². The van der Waals surface area contributed by atoms with Crippen molar-refractivity contribution in [3.8, 4) is 16.8 Å². The molecule has 6 heteroatoms. The molecule has 2 atom stereocenters. The molecule has 6 nitrogen and oxygen atoms in total. The van der Waals surface area contributed by atoms with Gasteiger partial charge in [0.05, 0.1) is 39.5 Å². The van der Waals surface area contributed by atoms with E-state index < -0.39 is 0 Å². The van der Waals surface area contributed by atoms with E-state index in [0.717, 1.165) is 78.9 Å². The number of anilines is 1. The van der Waals surface area contributed by atoms with Gasteiger partial charge in [0.25, 0.3) is 0 Å². The third kappa shape index (κ3) is 5.48. The Morgan fingerprint density at radius 2 is 1.17 bits per heavy atom. The van der Waals surface area contributed by atoms with Crippen LogP contribution in [0, 0.1) is 0 Å². The second-order valence-electron chi connectivity index (χ2n) is 17.5. The second kappa shape index (κ2) is 14.5. The molecule has 0 saturated carbocycles. The van der Waals surface area contributed by atoms with Crippen molar-refractivity contribution >= 4 is 88.7 Å².